The van der Waals surface area contributed by atoms with Gasteiger partial charge in [-0.1, -0.05) is 0 Å². The quantitative estimate of drug-likeness (QED) is 0.667. The first kappa shape index (κ1) is 14.3. The van der Waals surface area contributed by atoms with Gasteiger partial charge in [-0.15, -0.1) is 11.8 Å². The van der Waals surface area contributed by atoms with E-state index in [4.69, 9.17) is 5.11 Å². The molecule has 9 heteroatoms. The summed E-state index contributed by atoms with van der Waals surface area (Å²) in [5.74, 6) is -2.47. The molecule has 1 saturated heterocycles. The molecule has 0 saturated carbocycles. The summed E-state index contributed by atoms with van der Waals surface area (Å²) in [6.45, 7) is 0. The number of rotatable bonds is 3. The Morgan fingerprint density at radius 2 is 2.20 bits per heavy atom. The van der Waals surface area contributed by atoms with Gasteiger partial charge in [0, 0.05) is 17.4 Å². The van der Waals surface area contributed by atoms with E-state index >= 15 is 0 Å². The molecule has 0 radical (unpaired) electrons. The summed E-state index contributed by atoms with van der Waals surface area (Å²) in [6, 6.07) is 1.79. The maximum Gasteiger partial charge on any atom is 0.327 e. The summed E-state index contributed by atoms with van der Waals surface area (Å²) in [4.78, 5) is 33.8. The molecule has 20 heavy (non-hydrogen) atoms. The minimum Gasteiger partial charge on any atom is -0.480 e. The summed E-state index contributed by atoms with van der Waals surface area (Å²) >= 11 is 1.28. The Bertz CT molecular complexity index is 594. The molecule has 1 aliphatic heterocycles. The summed E-state index contributed by atoms with van der Waals surface area (Å²) in [5, 5.41) is 19.5. The smallest absolute Gasteiger partial charge is 0.327 e. The normalized spacial score (nSPS) is 18.1. The molecule has 2 rings (SSSR count). The molecule has 1 heterocycles. The van der Waals surface area contributed by atoms with E-state index in [2.05, 4.69) is 0 Å². The van der Waals surface area contributed by atoms with Gasteiger partial charge in [0.15, 0.2) is 0 Å². The number of thioether (sulfide) groups is 1. The molecule has 106 valence electrons. The summed E-state index contributed by atoms with van der Waals surface area (Å²) < 4.78 is 13.5. The molecule has 0 spiro atoms. The Hall–Kier alpha value is -2.16. The fourth-order valence-corrected chi connectivity index (χ4v) is 2.95. The van der Waals surface area contributed by atoms with Crippen LogP contribution in [0.2, 0.25) is 0 Å². The van der Waals surface area contributed by atoms with E-state index in [0.29, 0.717) is 0 Å². The molecule has 1 aliphatic rings. The Morgan fingerprint density at radius 3 is 2.75 bits per heavy atom. The van der Waals surface area contributed by atoms with Crippen LogP contribution in [0.5, 0.6) is 0 Å². The van der Waals surface area contributed by atoms with Gasteiger partial charge in [0.05, 0.1) is 10.8 Å². The number of hydrogen-bond acceptors (Lipinski definition) is 5. The highest BCUT2D eigenvalue weighted by Crippen LogP contribution is 2.25. The number of amides is 1. The van der Waals surface area contributed by atoms with Gasteiger partial charge < -0.3 is 10.0 Å². The third-order valence-corrected chi connectivity index (χ3v) is 3.83. The van der Waals surface area contributed by atoms with Crippen molar-refractivity contribution in [2.75, 3.05) is 11.6 Å². The number of hydrogen-bond donors (Lipinski definition) is 1. The molecule has 0 unspecified atom stereocenters. The maximum atomic E-state index is 13.5. The minimum atomic E-state index is -1.13. The first-order valence-corrected chi connectivity index (χ1v) is 6.62. The highest BCUT2D eigenvalue weighted by atomic mass is 32.2. The predicted octanol–water partition coefficient (Wildman–Crippen LogP) is 1.33. The van der Waals surface area contributed by atoms with Gasteiger partial charge in [-0.3, -0.25) is 14.9 Å². The van der Waals surface area contributed by atoms with Gasteiger partial charge in [-0.05, 0) is 12.1 Å². The molecule has 1 N–H and O–H groups in total. The number of nitro benzene ring substituents is 1. The van der Waals surface area contributed by atoms with Crippen molar-refractivity contribution in [1.29, 1.82) is 0 Å². The van der Waals surface area contributed by atoms with Crippen molar-refractivity contribution in [2.24, 2.45) is 0 Å². The fraction of sp³-hybridized carbons (Fsp3) is 0.273. The second-order valence-electron chi connectivity index (χ2n) is 4.05. The molecule has 1 atom stereocenters. The highest BCUT2D eigenvalue weighted by molar-refractivity contribution is 7.99. The van der Waals surface area contributed by atoms with Gasteiger partial charge in [0.2, 0.25) is 5.82 Å². The van der Waals surface area contributed by atoms with Crippen molar-refractivity contribution < 1.29 is 24.0 Å². The minimum absolute atomic E-state index is 0.109. The lowest BCUT2D eigenvalue weighted by Crippen LogP contribution is -2.41. The van der Waals surface area contributed by atoms with E-state index in [1.54, 1.807) is 0 Å². The standard InChI is InChI=1S/C11H9FN2O5S/c12-7-3-6(1-2-8(7)14(18)19)10(15)13-5-20-4-9(13)11(16)17/h1-3,9H,4-5H2,(H,16,17)/t9-/m0/s1. The van der Waals surface area contributed by atoms with Gasteiger partial charge >= 0.3 is 11.7 Å². The topological polar surface area (TPSA) is 101 Å². The second-order valence-corrected chi connectivity index (χ2v) is 5.05. The zero-order valence-corrected chi connectivity index (χ0v) is 10.8. The molecule has 0 aliphatic carbocycles. The van der Waals surface area contributed by atoms with Crippen LogP contribution >= 0.6 is 11.8 Å². The van der Waals surface area contributed by atoms with Crippen LogP contribution in [-0.4, -0.2) is 44.5 Å². The van der Waals surface area contributed by atoms with E-state index < -0.39 is 34.3 Å². The number of carbonyl (C=O) groups is 2. The van der Waals surface area contributed by atoms with Crippen LogP contribution < -0.4 is 0 Å². The zero-order valence-electron chi connectivity index (χ0n) is 9.98. The van der Waals surface area contributed by atoms with E-state index in [9.17, 15) is 24.1 Å². The lowest BCUT2D eigenvalue weighted by Gasteiger charge is -2.20. The number of carboxylic acids is 1. The summed E-state index contributed by atoms with van der Waals surface area (Å²) in [7, 11) is 0. The Kier molecular flexibility index (Phi) is 3.89. The molecule has 0 aromatic heterocycles. The number of nitrogens with zero attached hydrogens (tertiary/aromatic N) is 2. The Morgan fingerprint density at radius 1 is 1.50 bits per heavy atom. The van der Waals surface area contributed by atoms with Crippen molar-refractivity contribution in [2.45, 2.75) is 6.04 Å². The predicted molar refractivity (Wildman–Crippen MR) is 68.0 cm³/mol. The lowest BCUT2D eigenvalue weighted by molar-refractivity contribution is -0.387. The molecule has 0 bridgehead atoms. The van der Waals surface area contributed by atoms with Gasteiger partial charge in [-0.25, -0.2) is 4.79 Å². The van der Waals surface area contributed by atoms with E-state index in [0.717, 1.165) is 23.1 Å². The highest BCUT2D eigenvalue weighted by Gasteiger charge is 2.35. The van der Waals surface area contributed by atoms with Crippen molar-refractivity contribution in [3.63, 3.8) is 0 Å². The maximum absolute atomic E-state index is 13.5. The van der Waals surface area contributed by atoms with Gasteiger partial charge in [0.25, 0.3) is 5.91 Å². The van der Waals surface area contributed by atoms with Crippen LogP contribution in [0.4, 0.5) is 10.1 Å². The second kappa shape index (κ2) is 5.45. The van der Waals surface area contributed by atoms with Crippen molar-refractivity contribution in [1.82, 2.24) is 4.90 Å². The molecule has 1 aromatic carbocycles. The van der Waals surface area contributed by atoms with Crippen LogP contribution in [-0.2, 0) is 4.79 Å². The van der Waals surface area contributed by atoms with Crippen LogP contribution in [0.3, 0.4) is 0 Å². The number of carbonyl (C=O) groups excluding carboxylic acids is 1. The van der Waals surface area contributed by atoms with Gasteiger partial charge in [0.1, 0.15) is 6.04 Å². The van der Waals surface area contributed by atoms with Crippen LogP contribution in [0, 0.1) is 15.9 Å². The molecular weight excluding hydrogens is 291 g/mol. The van der Waals surface area contributed by atoms with E-state index in [1.165, 1.54) is 11.8 Å². The molecule has 7 nitrogen and oxygen atoms in total. The van der Waals surface area contributed by atoms with E-state index in [-0.39, 0.29) is 17.2 Å². The van der Waals surface area contributed by atoms with Crippen LogP contribution in [0.1, 0.15) is 10.4 Å². The number of aliphatic carboxylic acids is 1. The average molecular weight is 300 g/mol. The number of halogens is 1. The molecular formula is C11H9FN2O5S. The van der Waals surface area contributed by atoms with Crippen molar-refractivity contribution in [3.05, 3.63) is 39.7 Å². The number of carboxylic acid groups (broad SMARTS) is 1. The molecule has 1 fully saturated rings. The van der Waals surface area contributed by atoms with E-state index in [1.807, 2.05) is 0 Å². The van der Waals surface area contributed by atoms with Crippen molar-refractivity contribution in [3.8, 4) is 0 Å². The molecule has 1 amide bonds. The number of nitro groups is 1. The van der Waals surface area contributed by atoms with Crippen molar-refractivity contribution >= 4 is 29.3 Å². The SMILES string of the molecule is O=C(O)[C@@H]1CSCN1C(=O)c1ccc([N+](=O)[O-])c(F)c1. The third kappa shape index (κ3) is 2.57. The van der Waals surface area contributed by atoms with Crippen LogP contribution in [0.15, 0.2) is 18.2 Å². The third-order valence-electron chi connectivity index (χ3n) is 2.82. The first-order chi connectivity index (χ1) is 9.41. The summed E-state index contributed by atoms with van der Waals surface area (Å²) in [5.41, 5.74) is -0.839. The lowest BCUT2D eigenvalue weighted by atomic mass is 10.1. The van der Waals surface area contributed by atoms with Crippen LogP contribution in [0.25, 0.3) is 0 Å². The Labute approximate surface area is 116 Å². The monoisotopic (exact) mass is 300 g/mol. The molecule has 1 aromatic rings. The Balaban J connectivity index is 2.27. The summed E-state index contributed by atoms with van der Waals surface area (Å²) in [6.07, 6.45) is 0. The zero-order chi connectivity index (χ0) is 14.9. The number of benzene rings is 1. The fourth-order valence-electron chi connectivity index (χ4n) is 1.80. The van der Waals surface area contributed by atoms with Gasteiger partial charge in [-0.2, -0.15) is 4.39 Å². The first-order valence-electron chi connectivity index (χ1n) is 5.47. The average Bonchev–Trinajstić information content (AvgIpc) is 2.86. The largest absolute Gasteiger partial charge is 0.480 e.